The monoisotopic (exact) mass is 234 g/mol. The van der Waals surface area contributed by atoms with E-state index in [9.17, 15) is 18.0 Å². The topological polar surface area (TPSA) is 57.5 Å². The van der Waals surface area contributed by atoms with E-state index in [1.54, 1.807) is 6.07 Å². The maximum Gasteiger partial charge on any atom is 0.417 e. The van der Waals surface area contributed by atoms with E-state index in [4.69, 9.17) is 10.2 Å². The largest absolute Gasteiger partial charge is 0.417 e. The van der Waals surface area contributed by atoms with Gasteiger partial charge in [0.25, 0.3) is 0 Å². The summed E-state index contributed by atoms with van der Waals surface area (Å²) in [7, 11) is 0. The molecule has 0 aromatic heterocycles. The van der Waals surface area contributed by atoms with Gasteiger partial charge in [-0.25, -0.2) is 0 Å². The van der Waals surface area contributed by atoms with Crippen LogP contribution in [0.3, 0.4) is 0 Å². The molecule has 0 saturated carbocycles. The number of ketones is 1. The average molecular weight is 234 g/mol. The molecule has 2 atom stereocenters. The number of carbonyl (C=O) groups is 1. The second-order valence-corrected chi connectivity index (χ2v) is 3.16. The van der Waals surface area contributed by atoms with Crippen LogP contribution in [0.25, 0.3) is 0 Å². The molecule has 3 nitrogen and oxygen atoms in total. The van der Waals surface area contributed by atoms with Crippen LogP contribution in [0.15, 0.2) is 30.3 Å². The molecule has 0 fully saturated rings. The summed E-state index contributed by atoms with van der Waals surface area (Å²) in [4.78, 5) is 11.3. The van der Waals surface area contributed by atoms with Crippen molar-refractivity contribution in [3.05, 3.63) is 35.9 Å². The van der Waals surface area contributed by atoms with Crippen LogP contribution in [-0.4, -0.2) is 34.4 Å². The fourth-order valence-electron chi connectivity index (χ4n) is 1.10. The van der Waals surface area contributed by atoms with Crippen molar-refractivity contribution in [2.75, 3.05) is 0 Å². The van der Waals surface area contributed by atoms with E-state index in [0.717, 1.165) is 0 Å². The molecule has 0 spiro atoms. The lowest BCUT2D eigenvalue weighted by Crippen LogP contribution is -2.44. The van der Waals surface area contributed by atoms with E-state index in [-0.39, 0.29) is 5.56 Å². The first-order chi connectivity index (χ1) is 7.34. The molecule has 88 valence electrons. The average Bonchev–Trinajstić information content (AvgIpc) is 2.26. The molecule has 0 radical (unpaired) electrons. The Morgan fingerprint density at radius 2 is 1.62 bits per heavy atom. The van der Waals surface area contributed by atoms with Crippen molar-refractivity contribution >= 4 is 5.78 Å². The number of aliphatic hydroxyl groups excluding tert-OH is 2. The van der Waals surface area contributed by atoms with Crippen molar-refractivity contribution in [2.45, 2.75) is 18.4 Å². The molecule has 0 amide bonds. The molecular weight excluding hydrogens is 225 g/mol. The zero-order valence-corrected chi connectivity index (χ0v) is 7.98. The number of benzene rings is 1. The summed E-state index contributed by atoms with van der Waals surface area (Å²) in [5.74, 6) is -1.16. The Kier molecular flexibility index (Phi) is 3.66. The molecule has 1 aromatic carbocycles. The van der Waals surface area contributed by atoms with Crippen LogP contribution in [0.1, 0.15) is 10.4 Å². The summed E-state index contributed by atoms with van der Waals surface area (Å²) < 4.78 is 36.0. The summed E-state index contributed by atoms with van der Waals surface area (Å²) in [6, 6.07) is 6.98. The SMILES string of the molecule is O=C(c1ccccc1)C(O)C(O)C(F)(F)F. The molecule has 0 heterocycles. The zero-order chi connectivity index (χ0) is 12.3. The van der Waals surface area contributed by atoms with Gasteiger partial charge in [-0.3, -0.25) is 4.79 Å². The number of halogens is 3. The van der Waals surface area contributed by atoms with Gasteiger partial charge in [0.1, 0.15) is 0 Å². The first-order valence-corrected chi connectivity index (χ1v) is 4.36. The molecule has 0 bridgehead atoms. The minimum atomic E-state index is -5.02. The summed E-state index contributed by atoms with van der Waals surface area (Å²) in [6.45, 7) is 0. The van der Waals surface area contributed by atoms with Gasteiger partial charge >= 0.3 is 6.18 Å². The van der Waals surface area contributed by atoms with Gasteiger partial charge in [-0.1, -0.05) is 30.3 Å². The minimum Gasteiger partial charge on any atom is -0.382 e. The first-order valence-electron chi connectivity index (χ1n) is 4.36. The maximum atomic E-state index is 12.0. The van der Waals surface area contributed by atoms with Crippen LogP contribution in [0.2, 0.25) is 0 Å². The van der Waals surface area contributed by atoms with Gasteiger partial charge < -0.3 is 10.2 Å². The van der Waals surface area contributed by atoms with Crippen molar-refractivity contribution in [3.8, 4) is 0 Å². The molecule has 0 saturated heterocycles. The summed E-state index contributed by atoms with van der Waals surface area (Å²) in [5, 5.41) is 17.7. The van der Waals surface area contributed by atoms with Crippen LogP contribution < -0.4 is 0 Å². The third-order valence-corrected chi connectivity index (χ3v) is 1.96. The Bertz CT molecular complexity index is 361. The Hall–Kier alpha value is -1.40. The van der Waals surface area contributed by atoms with Crippen molar-refractivity contribution < 1.29 is 28.2 Å². The van der Waals surface area contributed by atoms with Gasteiger partial charge in [-0.05, 0) is 0 Å². The van der Waals surface area contributed by atoms with Crippen LogP contribution in [0, 0.1) is 0 Å². The molecule has 0 aliphatic carbocycles. The lowest BCUT2D eigenvalue weighted by molar-refractivity contribution is -0.222. The number of rotatable bonds is 3. The Balaban J connectivity index is 2.84. The molecule has 0 aliphatic rings. The van der Waals surface area contributed by atoms with Gasteiger partial charge in [0, 0.05) is 5.56 Å². The van der Waals surface area contributed by atoms with Crippen LogP contribution >= 0.6 is 0 Å². The second kappa shape index (κ2) is 4.63. The third-order valence-electron chi connectivity index (χ3n) is 1.96. The molecule has 1 aromatic rings. The first kappa shape index (κ1) is 12.7. The molecule has 2 N–H and O–H groups in total. The maximum absolute atomic E-state index is 12.0. The quantitative estimate of drug-likeness (QED) is 0.771. The lowest BCUT2D eigenvalue weighted by atomic mass is 10.0. The normalized spacial score (nSPS) is 15.6. The van der Waals surface area contributed by atoms with Gasteiger partial charge in [0.15, 0.2) is 18.0 Å². The lowest BCUT2D eigenvalue weighted by Gasteiger charge is -2.19. The summed E-state index contributed by atoms with van der Waals surface area (Å²) >= 11 is 0. The minimum absolute atomic E-state index is 0.0849. The van der Waals surface area contributed by atoms with E-state index in [1.165, 1.54) is 24.3 Å². The standard InChI is InChI=1S/C10H9F3O3/c11-10(12,13)9(16)8(15)7(14)6-4-2-1-3-5-6/h1-5,8-9,15-16H. The molecule has 16 heavy (non-hydrogen) atoms. The van der Waals surface area contributed by atoms with Gasteiger partial charge in [-0.15, -0.1) is 0 Å². The smallest absolute Gasteiger partial charge is 0.382 e. The Morgan fingerprint density at radius 1 is 1.12 bits per heavy atom. The highest BCUT2D eigenvalue weighted by Gasteiger charge is 2.45. The summed E-state index contributed by atoms with van der Waals surface area (Å²) in [6.07, 6.45) is -10.6. The number of aliphatic hydroxyl groups is 2. The fourth-order valence-corrected chi connectivity index (χ4v) is 1.10. The predicted molar refractivity (Wildman–Crippen MR) is 48.8 cm³/mol. The van der Waals surface area contributed by atoms with E-state index >= 15 is 0 Å². The highest BCUT2D eigenvalue weighted by molar-refractivity contribution is 5.99. The van der Waals surface area contributed by atoms with Crippen molar-refractivity contribution in [1.82, 2.24) is 0 Å². The highest BCUT2D eigenvalue weighted by atomic mass is 19.4. The van der Waals surface area contributed by atoms with Gasteiger partial charge in [-0.2, -0.15) is 13.2 Å². The van der Waals surface area contributed by atoms with E-state index in [0.29, 0.717) is 0 Å². The van der Waals surface area contributed by atoms with Gasteiger partial charge in [0.2, 0.25) is 0 Å². The number of hydrogen-bond acceptors (Lipinski definition) is 3. The number of alkyl halides is 3. The number of hydrogen-bond donors (Lipinski definition) is 2. The molecule has 1 rings (SSSR count). The van der Waals surface area contributed by atoms with Crippen molar-refractivity contribution in [2.24, 2.45) is 0 Å². The predicted octanol–water partition coefficient (Wildman–Crippen LogP) is 1.15. The van der Waals surface area contributed by atoms with Crippen molar-refractivity contribution in [3.63, 3.8) is 0 Å². The van der Waals surface area contributed by atoms with E-state index in [1.807, 2.05) is 0 Å². The van der Waals surface area contributed by atoms with E-state index in [2.05, 4.69) is 0 Å². The van der Waals surface area contributed by atoms with Crippen LogP contribution in [0.5, 0.6) is 0 Å². The summed E-state index contributed by atoms with van der Waals surface area (Å²) in [5.41, 5.74) is -0.0849. The van der Waals surface area contributed by atoms with Gasteiger partial charge in [0.05, 0.1) is 0 Å². The van der Waals surface area contributed by atoms with Crippen LogP contribution in [0.4, 0.5) is 13.2 Å². The van der Waals surface area contributed by atoms with Crippen LogP contribution in [-0.2, 0) is 0 Å². The molecular formula is C10H9F3O3. The zero-order valence-electron chi connectivity index (χ0n) is 7.98. The molecule has 0 aliphatic heterocycles. The Labute approximate surface area is 89.1 Å². The third kappa shape index (κ3) is 2.80. The Morgan fingerprint density at radius 3 is 2.06 bits per heavy atom. The molecule has 6 heteroatoms. The number of Topliss-reactive ketones (excluding diaryl/α,β-unsaturated/α-hetero) is 1. The second-order valence-electron chi connectivity index (χ2n) is 3.16. The van der Waals surface area contributed by atoms with Crippen molar-refractivity contribution in [1.29, 1.82) is 0 Å². The number of carbonyl (C=O) groups excluding carboxylic acids is 1. The fraction of sp³-hybridized carbons (Fsp3) is 0.300. The highest BCUT2D eigenvalue weighted by Crippen LogP contribution is 2.23. The molecule has 2 unspecified atom stereocenters. The van der Waals surface area contributed by atoms with E-state index < -0.39 is 24.2 Å².